The van der Waals surface area contributed by atoms with Crippen LogP contribution in [0.5, 0.6) is 0 Å². The zero-order valence-electron chi connectivity index (χ0n) is 15.4. The molecule has 0 aliphatic carbocycles. The van der Waals surface area contributed by atoms with Crippen LogP contribution in [0, 0.1) is 12.8 Å². The molecule has 9 heteroatoms. The number of likely N-dealkylation sites (tertiary alicyclic amines) is 1. The third kappa shape index (κ3) is 4.78. The SMILES string of the molecule is Cc1ccc(S(=O)(=O)NC(=O)N2CCC(C(=O)N3CCOCC3)CC2)cc1. The van der Waals surface area contributed by atoms with Gasteiger partial charge in [-0.25, -0.2) is 17.9 Å². The smallest absolute Gasteiger partial charge is 0.331 e. The summed E-state index contributed by atoms with van der Waals surface area (Å²) in [6, 6.07) is 5.66. The molecule has 0 radical (unpaired) electrons. The Labute approximate surface area is 159 Å². The van der Waals surface area contributed by atoms with E-state index in [2.05, 4.69) is 4.72 Å². The van der Waals surface area contributed by atoms with Crippen LogP contribution in [0.1, 0.15) is 18.4 Å². The Balaban J connectivity index is 1.53. The number of rotatable bonds is 3. The van der Waals surface area contributed by atoms with E-state index in [9.17, 15) is 18.0 Å². The van der Waals surface area contributed by atoms with E-state index in [0.717, 1.165) is 5.56 Å². The van der Waals surface area contributed by atoms with Crippen molar-refractivity contribution in [2.45, 2.75) is 24.7 Å². The second-order valence-corrected chi connectivity index (χ2v) is 8.61. The number of hydrogen-bond acceptors (Lipinski definition) is 5. The molecular formula is C18H25N3O5S. The molecule has 2 saturated heterocycles. The Morgan fingerprint density at radius 2 is 1.59 bits per heavy atom. The molecule has 0 bridgehead atoms. The van der Waals surface area contributed by atoms with Crippen LogP contribution in [0.25, 0.3) is 0 Å². The third-order valence-electron chi connectivity index (χ3n) is 5.01. The average molecular weight is 395 g/mol. The van der Waals surface area contributed by atoms with E-state index in [-0.39, 0.29) is 16.7 Å². The number of hydrogen-bond donors (Lipinski definition) is 1. The molecule has 2 aliphatic heterocycles. The predicted octanol–water partition coefficient (Wildman–Crippen LogP) is 0.964. The third-order valence-corrected chi connectivity index (χ3v) is 6.34. The molecule has 3 rings (SSSR count). The summed E-state index contributed by atoms with van der Waals surface area (Å²) >= 11 is 0. The number of nitrogens with zero attached hydrogens (tertiary/aromatic N) is 2. The number of urea groups is 1. The van der Waals surface area contributed by atoms with Gasteiger partial charge in [0, 0.05) is 32.1 Å². The molecule has 1 N–H and O–H groups in total. The van der Waals surface area contributed by atoms with Crippen molar-refractivity contribution >= 4 is 22.0 Å². The van der Waals surface area contributed by atoms with Crippen LogP contribution in [0.2, 0.25) is 0 Å². The van der Waals surface area contributed by atoms with Gasteiger partial charge in [-0.3, -0.25) is 4.79 Å². The van der Waals surface area contributed by atoms with Crippen molar-refractivity contribution in [3.05, 3.63) is 29.8 Å². The van der Waals surface area contributed by atoms with Crippen molar-refractivity contribution in [3.8, 4) is 0 Å². The number of amides is 3. The van der Waals surface area contributed by atoms with Gasteiger partial charge in [-0.15, -0.1) is 0 Å². The lowest BCUT2D eigenvalue weighted by molar-refractivity contribution is -0.141. The minimum Gasteiger partial charge on any atom is -0.378 e. The van der Waals surface area contributed by atoms with E-state index in [4.69, 9.17) is 4.74 Å². The monoisotopic (exact) mass is 395 g/mol. The second kappa shape index (κ2) is 8.26. The van der Waals surface area contributed by atoms with E-state index in [1.54, 1.807) is 12.1 Å². The summed E-state index contributed by atoms with van der Waals surface area (Å²) in [5, 5.41) is 0. The topological polar surface area (TPSA) is 96.0 Å². The maximum Gasteiger partial charge on any atom is 0.331 e. The lowest BCUT2D eigenvalue weighted by atomic mass is 9.95. The molecule has 8 nitrogen and oxygen atoms in total. The molecule has 2 fully saturated rings. The van der Waals surface area contributed by atoms with E-state index < -0.39 is 16.1 Å². The fourth-order valence-corrected chi connectivity index (χ4v) is 4.30. The van der Waals surface area contributed by atoms with Crippen molar-refractivity contribution in [3.63, 3.8) is 0 Å². The number of benzene rings is 1. The van der Waals surface area contributed by atoms with Crippen molar-refractivity contribution < 1.29 is 22.7 Å². The van der Waals surface area contributed by atoms with E-state index in [0.29, 0.717) is 52.2 Å². The van der Waals surface area contributed by atoms with Crippen molar-refractivity contribution in [1.29, 1.82) is 0 Å². The van der Waals surface area contributed by atoms with Gasteiger partial charge in [0.25, 0.3) is 10.0 Å². The van der Waals surface area contributed by atoms with Crippen LogP contribution in [0.15, 0.2) is 29.2 Å². The van der Waals surface area contributed by atoms with Gasteiger partial charge in [0.2, 0.25) is 5.91 Å². The molecule has 2 aliphatic rings. The standard InChI is InChI=1S/C18H25N3O5S/c1-14-2-4-16(5-3-14)27(24,25)19-18(23)21-8-6-15(7-9-21)17(22)20-10-12-26-13-11-20/h2-5,15H,6-13H2,1H3,(H,19,23). The Hall–Kier alpha value is -2.13. The van der Waals surface area contributed by atoms with Gasteiger partial charge in [-0.05, 0) is 31.9 Å². The molecule has 0 atom stereocenters. The van der Waals surface area contributed by atoms with Crippen LogP contribution in [-0.2, 0) is 19.6 Å². The predicted molar refractivity (Wildman–Crippen MR) is 98.6 cm³/mol. The fraction of sp³-hybridized carbons (Fsp3) is 0.556. The number of sulfonamides is 1. The molecule has 1 aromatic rings. The molecule has 1 aromatic carbocycles. The Morgan fingerprint density at radius 1 is 1.00 bits per heavy atom. The molecule has 0 saturated carbocycles. The number of aryl methyl sites for hydroxylation is 1. The van der Waals surface area contributed by atoms with Gasteiger partial charge in [-0.2, -0.15) is 0 Å². The van der Waals surface area contributed by atoms with Crippen molar-refractivity contribution in [2.75, 3.05) is 39.4 Å². The van der Waals surface area contributed by atoms with E-state index in [1.165, 1.54) is 17.0 Å². The molecule has 148 valence electrons. The molecule has 0 spiro atoms. The zero-order chi connectivity index (χ0) is 19.4. The van der Waals surface area contributed by atoms with Gasteiger partial charge in [-0.1, -0.05) is 17.7 Å². The first-order valence-electron chi connectivity index (χ1n) is 9.12. The summed E-state index contributed by atoms with van der Waals surface area (Å²) in [6.45, 7) is 4.90. The van der Waals surface area contributed by atoms with E-state index >= 15 is 0 Å². The maximum atomic E-state index is 12.5. The molecule has 2 heterocycles. The number of morpholine rings is 1. The van der Waals surface area contributed by atoms with Gasteiger partial charge in [0.05, 0.1) is 18.1 Å². The van der Waals surface area contributed by atoms with Gasteiger partial charge in [0.15, 0.2) is 0 Å². The Morgan fingerprint density at radius 3 is 2.19 bits per heavy atom. The van der Waals surface area contributed by atoms with Crippen molar-refractivity contribution in [1.82, 2.24) is 14.5 Å². The molecule has 0 aromatic heterocycles. The number of carbonyl (C=O) groups excluding carboxylic acids is 2. The molecule has 27 heavy (non-hydrogen) atoms. The Kier molecular flexibility index (Phi) is 6.01. The van der Waals surface area contributed by atoms with Crippen LogP contribution >= 0.6 is 0 Å². The van der Waals surface area contributed by atoms with Gasteiger partial charge < -0.3 is 14.5 Å². The maximum absolute atomic E-state index is 12.5. The number of ether oxygens (including phenoxy) is 1. The van der Waals surface area contributed by atoms with Gasteiger partial charge in [0.1, 0.15) is 0 Å². The fourth-order valence-electron chi connectivity index (χ4n) is 3.33. The van der Waals surface area contributed by atoms with Crippen LogP contribution < -0.4 is 4.72 Å². The molecule has 0 unspecified atom stereocenters. The first kappa shape index (κ1) is 19.6. The van der Waals surface area contributed by atoms with Crippen LogP contribution in [-0.4, -0.2) is 69.5 Å². The van der Waals surface area contributed by atoms with Gasteiger partial charge >= 0.3 is 6.03 Å². The largest absolute Gasteiger partial charge is 0.378 e. The zero-order valence-corrected chi connectivity index (χ0v) is 16.2. The quantitative estimate of drug-likeness (QED) is 0.823. The average Bonchev–Trinajstić information content (AvgIpc) is 2.68. The second-order valence-electron chi connectivity index (χ2n) is 6.92. The molecule has 3 amide bonds. The summed E-state index contributed by atoms with van der Waals surface area (Å²) in [5.41, 5.74) is 0.937. The number of piperidine rings is 1. The minimum atomic E-state index is -3.90. The summed E-state index contributed by atoms with van der Waals surface area (Å²) < 4.78 is 32.1. The minimum absolute atomic E-state index is 0.0545. The number of nitrogens with one attached hydrogen (secondary N) is 1. The first-order chi connectivity index (χ1) is 12.9. The lowest BCUT2D eigenvalue weighted by Gasteiger charge is -2.35. The van der Waals surface area contributed by atoms with Crippen LogP contribution in [0.4, 0.5) is 4.79 Å². The molecular weight excluding hydrogens is 370 g/mol. The van der Waals surface area contributed by atoms with Crippen LogP contribution in [0.3, 0.4) is 0 Å². The lowest BCUT2D eigenvalue weighted by Crippen LogP contribution is -2.50. The van der Waals surface area contributed by atoms with Crippen molar-refractivity contribution in [2.24, 2.45) is 5.92 Å². The highest BCUT2D eigenvalue weighted by atomic mass is 32.2. The Bertz CT molecular complexity index is 780. The summed E-state index contributed by atoms with van der Waals surface area (Å²) in [6.07, 6.45) is 1.07. The summed E-state index contributed by atoms with van der Waals surface area (Å²) in [7, 11) is -3.90. The number of carbonyl (C=O) groups is 2. The highest BCUT2D eigenvalue weighted by molar-refractivity contribution is 7.90. The summed E-state index contributed by atoms with van der Waals surface area (Å²) in [5.74, 6) is -0.0218. The highest BCUT2D eigenvalue weighted by Gasteiger charge is 2.32. The first-order valence-corrected chi connectivity index (χ1v) is 10.6. The normalized spacial score (nSPS) is 19.0. The van der Waals surface area contributed by atoms with E-state index in [1.807, 2.05) is 11.8 Å². The highest BCUT2D eigenvalue weighted by Crippen LogP contribution is 2.21. The summed E-state index contributed by atoms with van der Waals surface area (Å²) in [4.78, 5) is 28.2.